The lowest BCUT2D eigenvalue weighted by Gasteiger charge is -2.12. The van der Waals surface area contributed by atoms with Gasteiger partial charge in [0.2, 0.25) is 0 Å². The molecule has 0 amide bonds. The summed E-state index contributed by atoms with van der Waals surface area (Å²) in [5.74, 6) is 0. The number of nitrogens with one attached hydrogen (secondary N) is 1. The van der Waals surface area contributed by atoms with Gasteiger partial charge in [0.25, 0.3) is 0 Å². The molecule has 1 aromatic carbocycles. The molecule has 0 aliphatic carbocycles. The highest BCUT2D eigenvalue weighted by Crippen LogP contribution is 2.15. The fraction of sp³-hybridized carbons (Fsp3) is 0.400. The van der Waals surface area contributed by atoms with Crippen LogP contribution >= 0.6 is 11.6 Å². The fourth-order valence-electron chi connectivity index (χ4n) is 1.15. The molecular weight excluding hydrogens is 186 g/mol. The second kappa shape index (κ2) is 5.22. The van der Waals surface area contributed by atoms with E-state index in [0.717, 1.165) is 5.02 Å². The summed E-state index contributed by atoms with van der Waals surface area (Å²) in [6, 6.07) is 7.96. The summed E-state index contributed by atoms with van der Waals surface area (Å²) in [6.45, 7) is 2.83. The summed E-state index contributed by atoms with van der Waals surface area (Å²) in [5, 5.41) is 12.5. The van der Waals surface area contributed by atoms with Crippen molar-refractivity contribution in [3.63, 3.8) is 0 Å². The first-order valence-corrected chi connectivity index (χ1v) is 4.71. The third-order valence-electron chi connectivity index (χ3n) is 1.93. The lowest BCUT2D eigenvalue weighted by molar-refractivity contribution is 0.286. The summed E-state index contributed by atoms with van der Waals surface area (Å²) in [5.41, 5.74) is 1.18. The molecule has 1 unspecified atom stereocenters. The minimum absolute atomic E-state index is 0.165. The lowest BCUT2D eigenvalue weighted by Crippen LogP contribution is -2.21. The molecule has 0 saturated heterocycles. The molecule has 0 spiro atoms. The molecule has 13 heavy (non-hydrogen) atoms. The molecule has 1 atom stereocenters. The van der Waals surface area contributed by atoms with Crippen molar-refractivity contribution >= 4 is 11.6 Å². The Morgan fingerprint density at radius 3 is 2.54 bits per heavy atom. The van der Waals surface area contributed by atoms with Crippen molar-refractivity contribution in [1.82, 2.24) is 5.32 Å². The third kappa shape index (κ3) is 3.35. The molecular formula is C10H14ClNO. The van der Waals surface area contributed by atoms with Gasteiger partial charge in [0.1, 0.15) is 0 Å². The zero-order valence-electron chi connectivity index (χ0n) is 7.63. The number of aliphatic hydroxyl groups is 1. The van der Waals surface area contributed by atoms with E-state index < -0.39 is 0 Å². The standard InChI is InChI=1S/C10H14ClNO/c1-8(12-6-7-13)9-2-4-10(11)5-3-9/h2-5,8,12-13H,6-7H2,1H3. The molecule has 0 saturated carbocycles. The summed E-state index contributed by atoms with van der Waals surface area (Å²) in [7, 11) is 0. The molecule has 3 heteroatoms. The Bertz CT molecular complexity index is 248. The Labute approximate surface area is 83.5 Å². The van der Waals surface area contributed by atoms with Crippen LogP contribution in [0.5, 0.6) is 0 Å². The maximum Gasteiger partial charge on any atom is 0.0556 e. The molecule has 1 aromatic rings. The first-order valence-electron chi connectivity index (χ1n) is 4.33. The second-order valence-corrected chi connectivity index (χ2v) is 3.39. The molecule has 0 bridgehead atoms. The van der Waals surface area contributed by atoms with Crippen LogP contribution < -0.4 is 5.32 Å². The second-order valence-electron chi connectivity index (χ2n) is 2.95. The van der Waals surface area contributed by atoms with Gasteiger partial charge in [-0.25, -0.2) is 0 Å². The average Bonchev–Trinajstić information content (AvgIpc) is 2.15. The molecule has 2 nitrogen and oxygen atoms in total. The molecule has 0 aliphatic rings. The van der Waals surface area contributed by atoms with Crippen LogP contribution in [0.25, 0.3) is 0 Å². The largest absolute Gasteiger partial charge is 0.395 e. The fourth-order valence-corrected chi connectivity index (χ4v) is 1.28. The Hall–Kier alpha value is -0.570. The van der Waals surface area contributed by atoms with Crippen LogP contribution in [0.4, 0.5) is 0 Å². The zero-order valence-corrected chi connectivity index (χ0v) is 8.38. The number of halogens is 1. The Morgan fingerprint density at radius 1 is 1.38 bits per heavy atom. The van der Waals surface area contributed by atoms with Gasteiger partial charge in [0.05, 0.1) is 6.61 Å². The monoisotopic (exact) mass is 199 g/mol. The van der Waals surface area contributed by atoms with E-state index in [-0.39, 0.29) is 12.6 Å². The van der Waals surface area contributed by atoms with Gasteiger partial charge in [-0.15, -0.1) is 0 Å². The average molecular weight is 200 g/mol. The van der Waals surface area contributed by atoms with Crippen molar-refractivity contribution in [3.05, 3.63) is 34.9 Å². The highest BCUT2D eigenvalue weighted by molar-refractivity contribution is 6.30. The van der Waals surface area contributed by atoms with Crippen LogP contribution in [0.1, 0.15) is 18.5 Å². The predicted octanol–water partition coefficient (Wildman–Crippen LogP) is 1.98. The SMILES string of the molecule is CC(NCCO)c1ccc(Cl)cc1. The van der Waals surface area contributed by atoms with E-state index in [1.807, 2.05) is 24.3 Å². The van der Waals surface area contributed by atoms with Crippen molar-refractivity contribution in [1.29, 1.82) is 0 Å². The van der Waals surface area contributed by atoms with Gasteiger partial charge in [0, 0.05) is 17.6 Å². The smallest absolute Gasteiger partial charge is 0.0556 e. The summed E-state index contributed by atoms with van der Waals surface area (Å²) >= 11 is 5.76. The normalized spacial score (nSPS) is 12.8. The van der Waals surface area contributed by atoms with E-state index in [2.05, 4.69) is 12.2 Å². The quantitative estimate of drug-likeness (QED) is 0.778. The lowest BCUT2D eigenvalue weighted by atomic mass is 10.1. The van der Waals surface area contributed by atoms with E-state index in [9.17, 15) is 0 Å². The number of hydrogen-bond acceptors (Lipinski definition) is 2. The zero-order chi connectivity index (χ0) is 9.68. The maximum atomic E-state index is 8.62. The molecule has 0 fully saturated rings. The maximum absolute atomic E-state index is 8.62. The summed E-state index contributed by atoms with van der Waals surface area (Å²) < 4.78 is 0. The molecule has 0 aliphatic heterocycles. The minimum Gasteiger partial charge on any atom is -0.395 e. The van der Waals surface area contributed by atoms with Crippen LogP contribution in [0.3, 0.4) is 0 Å². The molecule has 1 rings (SSSR count). The summed E-state index contributed by atoms with van der Waals surface area (Å²) in [4.78, 5) is 0. The Morgan fingerprint density at radius 2 is 2.00 bits per heavy atom. The van der Waals surface area contributed by atoms with Crippen LogP contribution in [0.15, 0.2) is 24.3 Å². The molecule has 0 radical (unpaired) electrons. The number of benzene rings is 1. The van der Waals surface area contributed by atoms with Crippen LogP contribution in [-0.2, 0) is 0 Å². The van der Waals surface area contributed by atoms with Crippen molar-refractivity contribution in [3.8, 4) is 0 Å². The van der Waals surface area contributed by atoms with Crippen LogP contribution in [0.2, 0.25) is 5.02 Å². The van der Waals surface area contributed by atoms with E-state index in [1.165, 1.54) is 5.56 Å². The Kier molecular flexibility index (Phi) is 4.22. The predicted molar refractivity (Wildman–Crippen MR) is 55.0 cm³/mol. The first-order chi connectivity index (χ1) is 6.24. The molecule has 72 valence electrons. The molecule has 0 aromatic heterocycles. The van der Waals surface area contributed by atoms with Crippen molar-refractivity contribution in [2.75, 3.05) is 13.2 Å². The topological polar surface area (TPSA) is 32.3 Å². The van der Waals surface area contributed by atoms with E-state index in [0.29, 0.717) is 6.54 Å². The van der Waals surface area contributed by atoms with Crippen molar-refractivity contribution in [2.24, 2.45) is 0 Å². The van der Waals surface area contributed by atoms with Gasteiger partial charge in [-0.05, 0) is 24.6 Å². The summed E-state index contributed by atoms with van der Waals surface area (Å²) in [6.07, 6.45) is 0. The Balaban J connectivity index is 2.55. The van der Waals surface area contributed by atoms with E-state index in [4.69, 9.17) is 16.7 Å². The van der Waals surface area contributed by atoms with E-state index >= 15 is 0 Å². The minimum atomic E-state index is 0.165. The first kappa shape index (κ1) is 10.5. The molecule has 2 N–H and O–H groups in total. The van der Waals surface area contributed by atoms with Gasteiger partial charge < -0.3 is 10.4 Å². The van der Waals surface area contributed by atoms with Crippen LogP contribution in [0, 0.1) is 0 Å². The van der Waals surface area contributed by atoms with Gasteiger partial charge in [-0.3, -0.25) is 0 Å². The van der Waals surface area contributed by atoms with Crippen molar-refractivity contribution < 1.29 is 5.11 Å². The highest BCUT2D eigenvalue weighted by Gasteiger charge is 2.02. The molecule has 0 heterocycles. The van der Waals surface area contributed by atoms with Crippen molar-refractivity contribution in [2.45, 2.75) is 13.0 Å². The highest BCUT2D eigenvalue weighted by atomic mass is 35.5. The van der Waals surface area contributed by atoms with Crippen LogP contribution in [-0.4, -0.2) is 18.3 Å². The van der Waals surface area contributed by atoms with Gasteiger partial charge in [-0.2, -0.15) is 0 Å². The number of rotatable bonds is 4. The van der Waals surface area contributed by atoms with E-state index in [1.54, 1.807) is 0 Å². The number of hydrogen-bond donors (Lipinski definition) is 2. The number of aliphatic hydroxyl groups excluding tert-OH is 1. The van der Waals surface area contributed by atoms with Gasteiger partial charge in [-0.1, -0.05) is 23.7 Å². The van der Waals surface area contributed by atoms with Gasteiger partial charge in [0.15, 0.2) is 0 Å². The third-order valence-corrected chi connectivity index (χ3v) is 2.18. The van der Waals surface area contributed by atoms with Gasteiger partial charge >= 0.3 is 0 Å².